The number of fused-ring (bicyclic) bond motifs is 1. The number of ether oxygens (including phenoxy) is 1. The van der Waals surface area contributed by atoms with Gasteiger partial charge in [-0.2, -0.15) is 0 Å². The average molecular weight is 257 g/mol. The van der Waals surface area contributed by atoms with Crippen LogP contribution in [0.15, 0.2) is 42.5 Å². The summed E-state index contributed by atoms with van der Waals surface area (Å²) in [5.41, 5.74) is 1.88. The summed E-state index contributed by atoms with van der Waals surface area (Å²) in [4.78, 5) is 4.38. The molecule has 3 rings (SSSR count). The Morgan fingerprint density at radius 3 is 2.78 bits per heavy atom. The largest absolute Gasteiger partial charge is 0.508 e. The van der Waals surface area contributed by atoms with E-state index in [1.165, 1.54) is 11.3 Å². The van der Waals surface area contributed by atoms with E-state index in [2.05, 4.69) is 4.98 Å². The molecule has 0 unspecified atom stereocenters. The maximum Gasteiger partial charge on any atom is 0.279 e. The Morgan fingerprint density at radius 2 is 2.00 bits per heavy atom. The summed E-state index contributed by atoms with van der Waals surface area (Å²) in [7, 11) is 0. The first-order valence-electron chi connectivity index (χ1n) is 5.55. The van der Waals surface area contributed by atoms with Crippen molar-refractivity contribution in [2.45, 2.75) is 6.92 Å². The summed E-state index contributed by atoms with van der Waals surface area (Å²) in [5.74, 6) is 0.803. The molecule has 1 N–H and O–H groups in total. The number of benzene rings is 2. The highest BCUT2D eigenvalue weighted by molar-refractivity contribution is 7.20. The molecule has 0 fully saturated rings. The van der Waals surface area contributed by atoms with Crippen LogP contribution < -0.4 is 4.74 Å². The van der Waals surface area contributed by atoms with Gasteiger partial charge in [-0.3, -0.25) is 0 Å². The van der Waals surface area contributed by atoms with Gasteiger partial charge in [-0.15, -0.1) is 0 Å². The van der Waals surface area contributed by atoms with Gasteiger partial charge in [0.05, 0.1) is 10.2 Å². The first kappa shape index (κ1) is 11.0. The second kappa shape index (κ2) is 4.31. The van der Waals surface area contributed by atoms with E-state index in [0.717, 1.165) is 15.8 Å². The average Bonchev–Trinajstić information content (AvgIpc) is 2.69. The number of phenolic OH excluding ortho intramolecular Hbond substituents is 1. The third kappa shape index (κ3) is 2.15. The minimum Gasteiger partial charge on any atom is -0.508 e. The van der Waals surface area contributed by atoms with Crippen LogP contribution in [-0.2, 0) is 0 Å². The van der Waals surface area contributed by atoms with E-state index in [0.29, 0.717) is 10.9 Å². The molecular formula is C14H11NO2S. The number of rotatable bonds is 2. The molecule has 0 aliphatic rings. The smallest absolute Gasteiger partial charge is 0.279 e. The van der Waals surface area contributed by atoms with Crippen LogP contribution in [0.3, 0.4) is 0 Å². The van der Waals surface area contributed by atoms with Crippen LogP contribution >= 0.6 is 11.3 Å². The zero-order valence-electron chi connectivity index (χ0n) is 9.75. The molecule has 2 aromatic carbocycles. The lowest BCUT2D eigenvalue weighted by molar-refractivity contribution is 0.453. The maximum absolute atomic E-state index is 9.51. The fraction of sp³-hybridized carbons (Fsp3) is 0.0714. The fourth-order valence-electron chi connectivity index (χ4n) is 1.78. The fourth-order valence-corrected chi connectivity index (χ4v) is 2.62. The zero-order chi connectivity index (χ0) is 12.5. The number of hydrogen-bond donors (Lipinski definition) is 1. The van der Waals surface area contributed by atoms with E-state index in [-0.39, 0.29) is 5.75 Å². The highest BCUT2D eigenvalue weighted by Crippen LogP contribution is 2.32. The molecule has 0 atom stereocenters. The van der Waals surface area contributed by atoms with Gasteiger partial charge in [0.1, 0.15) is 11.5 Å². The molecule has 0 amide bonds. The minimum absolute atomic E-state index is 0.200. The standard InChI is InChI=1S/C14H11NO2S/c1-9-6-10(16)8-11(7-9)17-14-15-12-4-2-3-5-13(12)18-14/h2-8,16H,1H3. The van der Waals surface area contributed by atoms with E-state index in [9.17, 15) is 5.11 Å². The molecule has 0 aliphatic heterocycles. The van der Waals surface area contributed by atoms with Crippen molar-refractivity contribution in [1.29, 1.82) is 0 Å². The van der Waals surface area contributed by atoms with Gasteiger partial charge in [0, 0.05) is 6.07 Å². The van der Waals surface area contributed by atoms with Crippen LogP contribution in [0.4, 0.5) is 0 Å². The van der Waals surface area contributed by atoms with E-state index >= 15 is 0 Å². The second-order valence-electron chi connectivity index (χ2n) is 4.05. The lowest BCUT2D eigenvalue weighted by atomic mass is 10.2. The Morgan fingerprint density at radius 1 is 1.17 bits per heavy atom. The van der Waals surface area contributed by atoms with Crippen LogP contribution in [0, 0.1) is 6.92 Å². The Balaban J connectivity index is 1.96. The number of hydrogen-bond acceptors (Lipinski definition) is 4. The van der Waals surface area contributed by atoms with E-state index < -0.39 is 0 Å². The third-order valence-corrected chi connectivity index (χ3v) is 3.43. The number of aryl methyl sites for hydroxylation is 1. The van der Waals surface area contributed by atoms with Crippen LogP contribution in [0.2, 0.25) is 0 Å². The van der Waals surface area contributed by atoms with E-state index in [4.69, 9.17) is 4.74 Å². The van der Waals surface area contributed by atoms with Crippen molar-refractivity contribution in [2.75, 3.05) is 0 Å². The van der Waals surface area contributed by atoms with Crippen LogP contribution in [0.25, 0.3) is 10.2 Å². The molecule has 0 aliphatic carbocycles. The Bertz CT molecular complexity index is 653. The van der Waals surface area contributed by atoms with Gasteiger partial charge < -0.3 is 9.84 Å². The van der Waals surface area contributed by atoms with Gasteiger partial charge in [-0.25, -0.2) is 4.98 Å². The Hall–Kier alpha value is -2.07. The zero-order valence-corrected chi connectivity index (χ0v) is 10.6. The quantitative estimate of drug-likeness (QED) is 0.751. The van der Waals surface area contributed by atoms with Crippen LogP contribution in [0.1, 0.15) is 5.56 Å². The summed E-state index contributed by atoms with van der Waals surface area (Å²) < 4.78 is 6.76. The lowest BCUT2D eigenvalue weighted by Crippen LogP contribution is -1.83. The van der Waals surface area contributed by atoms with Crippen LogP contribution in [0.5, 0.6) is 16.7 Å². The topological polar surface area (TPSA) is 42.4 Å². The molecule has 0 saturated heterocycles. The summed E-state index contributed by atoms with van der Waals surface area (Å²) in [6, 6.07) is 13.0. The van der Waals surface area contributed by atoms with Gasteiger partial charge in [-0.05, 0) is 36.8 Å². The summed E-state index contributed by atoms with van der Waals surface area (Å²) >= 11 is 1.49. The highest BCUT2D eigenvalue weighted by Gasteiger charge is 2.06. The first-order valence-corrected chi connectivity index (χ1v) is 6.36. The molecule has 18 heavy (non-hydrogen) atoms. The number of aromatic nitrogens is 1. The molecule has 3 nitrogen and oxygen atoms in total. The molecule has 0 bridgehead atoms. The van der Waals surface area contributed by atoms with Crippen molar-refractivity contribution in [3.63, 3.8) is 0 Å². The molecule has 90 valence electrons. The SMILES string of the molecule is Cc1cc(O)cc(Oc2nc3ccccc3s2)c1. The van der Waals surface area contributed by atoms with Crippen LogP contribution in [-0.4, -0.2) is 10.1 Å². The molecule has 4 heteroatoms. The molecule has 1 aromatic heterocycles. The number of thiazole rings is 1. The molecule has 0 saturated carbocycles. The van der Waals surface area contributed by atoms with Crippen molar-refractivity contribution in [3.05, 3.63) is 48.0 Å². The molecule has 0 radical (unpaired) electrons. The molecular weight excluding hydrogens is 246 g/mol. The number of nitrogens with zero attached hydrogens (tertiary/aromatic N) is 1. The predicted octanol–water partition coefficient (Wildman–Crippen LogP) is 4.10. The van der Waals surface area contributed by atoms with Gasteiger partial charge >= 0.3 is 0 Å². The van der Waals surface area contributed by atoms with Crippen molar-refractivity contribution < 1.29 is 9.84 Å². The van der Waals surface area contributed by atoms with E-state index in [1.807, 2.05) is 37.3 Å². The number of para-hydroxylation sites is 1. The van der Waals surface area contributed by atoms with Crippen molar-refractivity contribution in [1.82, 2.24) is 4.98 Å². The number of phenols is 1. The monoisotopic (exact) mass is 257 g/mol. The molecule has 0 spiro atoms. The van der Waals surface area contributed by atoms with Crippen molar-refractivity contribution in [3.8, 4) is 16.7 Å². The molecule has 1 heterocycles. The summed E-state index contributed by atoms with van der Waals surface area (Å²) in [5, 5.41) is 10.1. The van der Waals surface area contributed by atoms with Crippen molar-refractivity contribution >= 4 is 21.6 Å². The lowest BCUT2D eigenvalue weighted by Gasteiger charge is -2.03. The summed E-state index contributed by atoms with van der Waals surface area (Å²) in [6.07, 6.45) is 0. The third-order valence-electron chi connectivity index (χ3n) is 2.52. The van der Waals surface area contributed by atoms with Crippen molar-refractivity contribution in [2.24, 2.45) is 0 Å². The first-order chi connectivity index (χ1) is 8.70. The van der Waals surface area contributed by atoms with Gasteiger partial charge in [-0.1, -0.05) is 23.5 Å². The highest BCUT2D eigenvalue weighted by atomic mass is 32.1. The predicted molar refractivity (Wildman–Crippen MR) is 72.5 cm³/mol. The molecule has 3 aromatic rings. The summed E-state index contributed by atoms with van der Waals surface area (Å²) in [6.45, 7) is 1.91. The Labute approximate surface area is 108 Å². The maximum atomic E-state index is 9.51. The Kier molecular flexibility index (Phi) is 2.64. The van der Waals surface area contributed by atoms with E-state index in [1.54, 1.807) is 12.1 Å². The second-order valence-corrected chi connectivity index (χ2v) is 5.05. The van der Waals surface area contributed by atoms with Gasteiger partial charge in [0.25, 0.3) is 5.19 Å². The van der Waals surface area contributed by atoms with Gasteiger partial charge in [0.15, 0.2) is 0 Å². The minimum atomic E-state index is 0.200. The number of aromatic hydroxyl groups is 1. The normalized spacial score (nSPS) is 10.7. The van der Waals surface area contributed by atoms with Gasteiger partial charge in [0.2, 0.25) is 0 Å².